The number of methoxy groups -OCH3 is 1. The molecule has 0 amide bonds. The molecule has 0 saturated heterocycles. The van der Waals surface area contributed by atoms with Crippen molar-refractivity contribution >= 4 is 12.0 Å². The average molecular weight is 217 g/mol. The molecule has 0 aliphatic carbocycles. The zero-order valence-corrected chi connectivity index (χ0v) is 8.84. The SMILES string of the molecule is COc1ccc(/C=C/C(=O)OCC#N)cc1. The summed E-state index contributed by atoms with van der Waals surface area (Å²) in [6.07, 6.45) is 2.89. The summed E-state index contributed by atoms with van der Waals surface area (Å²) in [6.45, 7) is -0.230. The monoisotopic (exact) mass is 217 g/mol. The number of benzene rings is 1. The largest absolute Gasteiger partial charge is 0.497 e. The molecule has 0 radical (unpaired) electrons. The number of hydrogen-bond donors (Lipinski definition) is 0. The lowest BCUT2D eigenvalue weighted by atomic mass is 10.2. The predicted octanol–water partition coefficient (Wildman–Crippen LogP) is 1.78. The quantitative estimate of drug-likeness (QED) is 0.569. The molecule has 16 heavy (non-hydrogen) atoms. The van der Waals surface area contributed by atoms with Crippen molar-refractivity contribution in [3.63, 3.8) is 0 Å². The van der Waals surface area contributed by atoms with Gasteiger partial charge in [0.25, 0.3) is 0 Å². The molecule has 0 bridgehead atoms. The molecule has 0 fully saturated rings. The van der Waals surface area contributed by atoms with Crippen LogP contribution >= 0.6 is 0 Å². The zero-order chi connectivity index (χ0) is 11.8. The standard InChI is InChI=1S/C12H11NO3/c1-15-11-5-2-10(3-6-11)4-7-12(14)16-9-8-13/h2-7H,9H2,1H3/b7-4+. The van der Waals surface area contributed by atoms with E-state index in [-0.39, 0.29) is 6.61 Å². The Labute approximate surface area is 93.7 Å². The predicted molar refractivity (Wildman–Crippen MR) is 58.6 cm³/mol. The molecular formula is C12H11NO3. The molecule has 4 nitrogen and oxygen atoms in total. The average Bonchev–Trinajstić information content (AvgIpc) is 2.34. The summed E-state index contributed by atoms with van der Waals surface area (Å²) >= 11 is 0. The summed E-state index contributed by atoms with van der Waals surface area (Å²) in [5.74, 6) is 0.224. The second kappa shape index (κ2) is 6.25. The molecule has 0 saturated carbocycles. The molecule has 1 aromatic rings. The van der Waals surface area contributed by atoms with Crippen LogP contribution in [-0.2, 0) is 9.53 Å². The lowest BCUT2D eigenvalue weighted by molar-refractivity contribution is -0.136. The lowest BCUT2D eigenvalue weighted by Crippen LogP contribution is -1.99. The lowest BCUT2D eigenvalue weighted by Gasteiger charge is -1.98. The van der Waals surface area contributed by atoms with Crippen LogP contribution in [0.1, 0.15) is 5.56 Å². The second-order valence-electron chi connectivity index (χ2n) is 2.87. The molecule has 0 spiro atoms. The minimum Gasteiger partial charge on any atom is -0.497 e. The highest BCUT2D eigenvalue weighted by molar-refractivity contribution is 5.87. The van der Waals surface area contributed by atoms with E-state index in [0.29, 0.717) is 0 Å². The normalized spacial score (nSPS) is 9.75. The first-order chi connectivity index (χ1) is 7.76. The van der Waals surface area contributed by atoms with Gasteiger partial charge in [-0.3, -0.25) is 0 Å². The number of esters is 1. The Hall–Kier alpha value is -2.28. The van der Waals surface area contributed by atoms with Crippen LogP contribution in [-0.4, -0.2) is 19.7 Å². The van der Waals surface area contributed by atoms with Crippen LogP contribution in [0.15, 0.2) is 30.3 Å². The van der Waals surface area contributed by atoms with Gasteiger partial charge in [-0.25, -0.2) is 4.79 Å². The Morgan fingerprint density at radius 3 is 2.69 bits per heavy atom. The minimum atomic E-state index is -0.530. The Kier molecular flexibility index (Phi) is 4.61. The van der Waals surface area contributed by atoms with Gasteiger partial charge in [-0.05, 0) is 23.8 Å². The van der Waals surface area contributed by atoms with Crippen LogP contribution in [0.25, 0.3) is 6.08 Å². The number of carbonyl (C=O) groups is 1. The fraction of sp³-hybridized carbons (Fsp3) is 0.167. The van der Waals surface area contributed by atoms with Crippen LogP contribution in [0.5, 0.6) is 5.75 Å². The van der Waals surface area contributed by atoms with Gasteiger partial charge in [-0.1, -0.05) is 12.1 Å². The first-order valence-corrected chi connectivity index (χ1v) is 4.62. The van der Waals surface area contributed by atoms with Crippen molar-refractivity contribution in [3.8, 4) is 11.8 Å². The topological polar surface area (TPSA) is 59.3 Å². The number of hydrogen-bond acceptors (Lipinski definition) is 4. The van der Waals surface area contributed by atoms with Crippen LogP contribution in [0.4, 0.5) is 0 Å². The Balaban J connectivity index is 2.56. The molecule has 0 aliphatic rings. The van der Waals surface area contributed by atoms with Crippen molar-refractivity contribution in [2.75, 3.05) is 13.7 Å². The maximum Gasteiger partial charge on any atom is 0.331 e. The maximum atomic E-state index is 11.0. The molecule has 0 unspecified atom stereocenters. The third-order valence-corrected chi connectivity index (χ3v) is 1.81. The first-order valence-electron chi connectivity index (χ1n) is 4.62. The van der Waals surface area contributed by atoms with Crippen molar-refractivity contribution in [2.45, 2.75) is 0 Å². The highest BCUT2D eigenvalue weighted by Crippen LogP contribution is 2.12. The fourth-order valence-corrected chi connectivity index (χ4v) is 1.03. The number of nitrogens with zero attached hydrogens (tertiary/aromatic N) is 1. The van der Waals surface area contributed by atoms with Crippen LogP contribution in [0, 0.1) is 11.3 Å². The third-order valence-electron chi connectivity index (χ3n) is 1.81. The van der Waals surface area contributed by atoms with Gasteiger partial charge in [0.05, 0.1) is 7.11 Å². The highest BCUT2D eigenvalue weighted by atomic mass is 16.5. The summed E-state index contributed by atoms with van der Waals surface area (Å²) in [5, 5.41) is 8.19. The summed E-state index contributed by atoms with van der Waals surface area (Å²) in [6, 6.07) is 8.93. The summed E-state index contributed by atoms with van der Waals surface area (Å²) < 4.78 is 9.54. The van der Waals surface area contributed by atoms with E-state index in [1.807, 2.05) is 12.1 Å². The van der Waals surface area contributed by atoms with E-state index < -0.39 is 5.97 Å². The van der Waals surface area contributed by atoms with Gasteiger partial charge in [0.15, 0.2) is 6.61 Å². The van der Waals surface area contributed by atoms with Crippen LogP contribution in [0.3, 0.4) is 0 Å². The van der Waals surface area contributed by atoms with Crippen molar-refractivity contribution in [1.82, 2.24) is 0 Å². The van der Waals surface area contributed by atoms with Gasteiger partial charge in [-0.15, -0.1) is 0 Å². The molecule has 1 rings (SSSR count). The second-order valence-corrected chi connectivity index (χ2v) is 2.87. The van der Waals surface area contributed by atoms with Gasteiger partial charge in [0.1, 0.15) is 11.8 Å². The van der Waals surface area contributed by atoms with E-state index in [1.165, 1.54) is 6.08 Å². The number of carbonyl (C=O) groups excluding carboxylic acids is 1. The van der Waals surface area contributed by atoms with Crippen molar-refractivity contribution < 1.29 is 14.3 Å². The van der Waals surface area contributed by atoms with E-state index in [2.05, 4.69) is 4.74 Å². The highest BCUT2D eigenvalue weighted by Gasteiger charge is 1.95. The van der Waals surface area contributed by atoms with E-state index >= 15 is 0 Å². The van der Waals surface area contributed by atoms with E-state index in [4.69, 9.17) is 10.00 Å². The van der Waals surface area contributed by atoms with E-state index in [0.717, 1.165) is 11.3 Å². The van der Waals surface area contributed by atoms with Gasteiger partial charge < -0.3 is 9.47 Å². The van der Waals surface area contributed by atoms with Crippen molar-refractivity contribution in [3.05, 3.63) is 35.9 Å². The summed E-state index contributed by atoms with van der Waals surface area (Å²) in [4.78, 5) is 11.0. The smallest absolute Gasteiger partial charge is 0.331 e. The van der Waals surface area contributed by atoms with E-state index in [9.17, 15) is 4.79 Å². The van der Waals surface area contributed by atoms with Crippen LogP contribution < -0.4 is 4.74 Å². The summed E-state index contributed by atoms with van der Waals surface area (Å²) in [7, 11) is 1.59. The van der Waals surface area contributed by atoms with Crippen LogP contribution in [0.2, 0.25) is 0 Å². The molecule has 0 aliphatic heterocycles. The molecule has 1 aromatic carbocycles. The minimum absolute atomic E-state index is 0.230. The molecule has 0 aromatic heterocycles. The van der Waals surface area contributed by atoms with E-state index in [1.54, 1.807) is 31.4 Å². The molecule has 0 N–H and O–H groups in total. The number of nitriles is 1. The van der Waals surface area contributed by atoms with Gasteiger partial charge in [0.2, 0.25) is 0 Å². The number of rotatable bonds is 4. The Morgan fingerprint density at radius 2 is 2.12 bits per heavy atom. The molecule has 4 heteroatoms. The van der Waals surface area contributed by atoms with Gasteiger partial charge >= 0.3 is 5.97 Å². The molecule has 82 valence electrons. The first kappa shape index (κ1) is 11.8. The molecular weight excluding hydrogens is 206 g/mol. The van der Waals surface area contributed by atoms with Crippen molar-refractivity contribution in [2.24, 2.45) is 0 Å². The maximum absolute atomic E-state index is 11.0. The fourth-order valence-electron chi connectivity index (χ4n) is 1.03. The van der Waals surface area contributed by atoms with Gasteiger partial charge in [-0.2, -0.15) is 5.26 Å². The summed E-state index contributed by atoms with van der Waals surface area (Å²) in [5.41, 5.74) is 0.856. The van der Waals surface area contributed by atoms with Crippen molar-refractivity contribution in [1.29, 1.82) is 5.26 Å². The Morgan fingerprint density at radius 1 is 1.44 bits per heavy atom. The Bertz CT molecular complexity index is 415. The number of ether oxygens (including phenoxy) is 2. The van der Waals surface area contributed by atoms with Gasteiger partial charge in [0, 0.05) is 6.08 Å². The zero-order valence-electron chi connectivity index (χ0n) is 8.84. The third kappa shape index (κ3) is 3.84. The molecule has 0 heterocycles. The molecule has 0 atom stereocenters.